The summed E-state index contributed by atoms with van der Waals surface area (Å²) in [5, 5.41) is 10.5. The molecule has 1 atom stereocenters. The largest absolute Gasteiger partial charge is 0.288 e. The zero-order valence-corrected chi connectivity index (χ0v) is 11.2. The van der Waals surface area contributed by atoms with Gasteiger partial charge in [0.1, 0.15) is 6.20 Å². The van der Waals surface area contributed by atoms with Crippen LogP contribution in [0.4, 0.5) is 5.69 Å². The van der Waals surface area contributed by atoms with Crippen molar-refractivity contribution in [2.75, 3.05) is 0 Å². The van der Waals surface area contributed by atoms with E-state index in [2.05, 4.69) is 27.8 Å². The van der Waals surface area contributed by atoms with Crippen LogP contribution < -0.4 is 0 Å². The zero-order valence-electron chi connectivity index (χ0n) is 8.82. The van der Waals surface area contributed by atoms with Crippen LogP contribution in [0.5, 0.6) is 0 Å². The van der Waals surface area contributed by atoms with E-state index in [1.54, 1.807) is 0 Å². The summed E-state index contributed by atoms with van der Waals surface area (Å²) < 4.78 is 0.642. The first-order chi connectivity index (χ1) is 7.54. The Hall–Kier alpha value is -0.680. The molecule has 1 unspecified atom stereocenters. The van der Waals surface area contributed by atoms with Crippen molar-refractivity contribution in [3.8, 4) is 0 Å². The lowest BCUT2D eigenvalue weighted by Crippen LogP contribution is -2.05. The number of nitrogens with zero attached hydrogens (tertiary/aromatic N) is 2. The quantitative estimate of drug-likeness (QED) is 0.473. The Balaban J connectivity index is 2.79. The van der Waals surface area contributed by atoms with E-state index in [1.807, 2.05) is 0 Å². The highest BCUT2D eigenvalue weighted by atomic mass is 79.9. The zero-order chi connectivity index (χ0) is 12.1. The fraction of sp³-hybridized carbons (Fsp3) is 0.500. The molecule has 0 amide bonds. The van der Waals surface area contributed by atoms with Crippen LogP contribution in [0.3, 0.4) is 0 Å². The van der Waals surface area contributed by atoms with Crippen LogP contribution in [-0.4, -0.2) is 15.3 Å². The maximum atomic E-state index is 10.5. The van der Waals surface area contributed by atoms with E-state index in [0.717, 1.165) is 18.5 Å². The Morgan fingerprint density at radius 3 is 2.88 bits per heavy atom. The van der Waals surface area contributed by atoms with Crippen LogP contribution in [-0.2, 0) is 6.42 Å². The lowest BCUT2D eigenvalue weighted by atomic mass is 10.1. The van der Waals surface area contributed by atoms with Crippen LogP contribution in [0.25, 0.3) is 0 Å². The van der Waals surface area contributed by atoms with Crippen molar-refractivity contribution in [2.24, 2.45) is 0 Å². The molecular weight excluding hydrogens is 295 g/mol. The highest BCUT2D eigenvalue weighted by Gasteiger charge is 2.13. The van der Waals surface area contributed by atoms with E-state index in [0.29, 0.717) is 10.9 Å². The molecule has 0 aliphatic heterocycles. The van der Waals surface area contributed by atoms with Gasteiger partial charge in [-0.1, -0.05) is 13.3 Å². The molecule has 0 N–H and O–H groups in total. The second kappa shape index (κ2) is 6.15. The lowest BCUT2D eigenvalue weighted by molar-refractivity contribution is -0.385. The highest BCUT2D eigenvalue weighted by Crippen LogP contribution is 2.23. The first-order valence-corrected chi connectivity index (χ1v) is 6.20. The van der Waals surface area contributed by atoms with Gasteiger partial charge < -0.3 is 0 Å². The van der Waals surface area contributed by atoms with E-state index in [1.165, 1.54) is 12.3 Å². The van der Waals surface area contributed by atoms with Gasteiger partial charge in [-0.15, -0.1) is 11.6 Å². The first kappa shape index (κ1) is 13.4. The number of nitro groups is 1. The van der Waals surface area contributed by atoms with Crippen molar-refractivity contribution in [1.29, 1.82) is 0 Å². The summed E-state index contributed by atoms with van der Waals surface area (Å²) in [6.07, 6.45) is 3.80. The molecule has 1 rings (SSSR count). The van der Waals surface area contributed by atoms with Gasteiger partial charge in [-0.05, 0) is 22.4 Å². The Bertz CT molecular complexity index is 387. The van der Waals surface area contributed by atoms with Crippen LogP contribution in [0, 0.1) is 10.1 Å². The van der Waals surface area contributed by atoms with E-state index < -0.39 is 4.92 Å². The van der Waals surface area contributed by atoms with Crippen LogP contribution in [0.2, 0.25) is 0 Å². The minimum absolute atomic E-state index is 0.0164. The lowest BCUT2D eigenvalue weighted by Gasteiger charge is -2.08. The van der Waals surface area contributed by atoms with Crippen molar-refractivity contribution in [3.05, 3.63) is 32.5 Å². The summed E-state index contributed by atoms with van der Waals surface area (Å²) in [7, 11) is 0. The molecule has 6 heteroatoms. The molecule has 0 aliphatic rings. The molecule has 0 aliphatic carbocycles. The third-order valence-corrected chi connectivity index (χ3v) is 3.19. The smallest absolute Gasteiger partial charge is 0.258 e. The third-order valence-electron chi connectivity index (χ3n) is 2.13. The standard InChI is InChI=1S/C10H12BrClN2O2/c1-2-3-7(12)4-10-9(11)5-8(6-13-10)14(15)16/h5-7H,2-4H2,1H3. The normalized spacial score (nSPS) is 12.4. The van der Waals surface area contributed by atoms with Crippen molar-refractivity contribution in [3.63, 3.8) is 0 Å². The van der Waals surface area contributed by atoms with Crippen LogP contribution in [0.1, 0.15) is 25.5 Å². The van der Waals surface area contributed by atoms with Gasteiger partial charge >= 0.3 is 0 Å². The average Bonchev–Trinajstić information content (AvgIpc) is 2.21. The molecule has 4 nitrogen and oxygen atoms in total. The van der Waals surface area contributed by atoms with Gasteiger partial charge in [0.15, 0.2) is 0 Å². The summed E-state index contributed by atoms with van der Waals surface area (Å²) in [5.41, 5.74) is 0.747. The Morgan fingerprint density at radius 1 is 1.69 bits per heavy atom. The molecule has 0 bridgehead atoms. The molecule has 0 spiro atoms. The van der Waals surface area contributed by atoms with Gasteiger partial charge in [-0.3, -0.25) is 15.1 Å². The molecule has 1 aromatic heterocycles. The predicted octanol–water partition coefficient (Wildman–Crippen LogP) is 3.70. The number of aromatic nitrogens is 1. The summed E-state index contributed by atoms with van der Waals surface area (Å²) in [6.45, 7) is 2.06. The van der Waals surface area contributed by atoms with E-state index in [-0.39, 0.29) is 11.1 Å². The Labute approximate surface area is 107 Å². The topological polar surface area (TPSA) is 56.0 Å². The fourth-order valence-corrected chi connectivity index (χ4v) is 2.19. The fourth-order valence-electron chi connectivity index (χ4n) is 1.33. The van der Waals surface area contributed by atoms with Gasteiger partial charge in [0.2, 0.25) is 0 Å². The van der Waals surface area contributed by atoms with Gasteiger partial charge in [-0.2, -0.15) is 0 Å². The van der Waals surface area contributed by atoms with Crippen molar-refractivity contribution in [1.82, 2.24) is 4.98 Å². The molecule has 0 saturated carbocycles. The Morgan fingerprint density at radius 2 is 2.38 bits per heavy atom. The summed E-state index contributed by atoms with van der Waals surface area (Å²) >= 11 is 9.36. The molecule has 0 radical (unpaired) electrons. The molecule has 0 saturated heterocycles. The van der Waals surface area contributed by atoms with Gasteiger partial charge in [0.05, 0.1) is 10.6 Å². The summed E-state index contributed by atoms with van der Waals surface area (Å²) in [4.78, 5) is 14.1. The molecule has 16 heavy (non-hydrogen) atoms. The molecule has 1 aromatic rings. The highest BCUT2D eigenvalue weighted by molar-refractivity contribution is 9.10. The summed E-state index contributed by atoms with van der Waals surface area (Å²) in [5.74, 6) is 0. The minimum Gasteiger partial charge on any atom is -0.258 e. The number of pyridine rings is 1. The minimum atomic E-state index is -0.467. The average molecular weight is 308 g/mol. The SMILES string of the molecule is CCCC(Cl)Cc1ncc([N+](=O)[O-])cc1Br. The predicted molar refractivity (Wildman–Crippen MR) is 66.8 cm³/mol. The number of alkyl halides is 1. The van der Waals surface area contributed by atoms with E-state index in [9.17, 15) is 10.1 Å². The second-order valence-electron chi connectivity index (χ2n) is 3.47. The number of halogens is 2. The first-order valence-electron chi connectivity index (χ1n) is 4.97. The van der Waals surface area contributed by atoms with Gasteiger partial charge in [0.25, 0.3) is 5.69 Å². The number of rotatable bonds is 5. The van der Waals surface area contributed by atoms with Crippen molar-refractivity contribution < 1.29 is 4.92 Å². The maximum absolute atomic E-state index is 10.5. The second-order valence-corrected chi connectivity index (χ2v) is 4.94. The summed E-state index contributed by atoms with van der Waals surface area (Å²) in [6, 6.07) is 1.46. The van der Waals surface area contributed by atoms with E-state index >= 15 is 0 Å². The molecule has 1 heterocycles. The molecule has 0 aromatic carbocycles. The molecular formula is C10H12BrClN2O2. The molecule has 88 valence electrons. The van der Waals surface area contributed by atoms with Crippen LogP contribution >= 0.6 is 27.5 Å². The van der Waals surface area contributed by atoms with Crippen LogP contribution in [0.15, 0.2) is 16.7 Å². The third kappa shape index (κ3) is 3.72. The molecule has 0 fully saturated rings. The monoisotopic (exact) mass is 306 g/mol. The maximum Gasteiger partial charge on any atom is 0.288 e. The number of hydrogen-bond acceptors (Lipinski definition) is 3. The van der Waals surface area contributed by atoms with E-state index in [4.69, 9.17) is 11.6 Å². The van der Waals surface area contributed by atoms with Crippen molar-refractivity contribution >= 4 is 33.2 Å². The van der Waals surface area contributed by atoms with Gasteiger partial charge in [-0.25, -0.2) is 0 Å². The Kier molecular flexibility index (Phi) is 5.15. The van der Waals surface area contributed by atoms with Crippen molar-refractivity contribution in [2.45, 2.75) is 31.6 Å². The van der Waals surface area contributed by atoms with Gasteiger partial charge in [0, 0.05) is 22.3 Å². The number of hydrogen-bond donors (Lipinski definition) is 0.